The van der Waals surface area contributed by atoms with E-state index in [1.54, 1.807) is 43.4 Å². The first-order valence-electron chi connectivity index (χ1n) is 7.03. The summed E-state index contributed by atoms with van der Waals surface area (Å²) in [6.07, 6.45) is 6.62. The molecule has 0 amide bonds. The molecule has 0 bridgehead atoms. The minimum atomic E-state index is -0.0818. The SMILES string of the molecule is COc1ccc(/C=C/C(=O)c2cnn(C(C)C)c2)cc1OC. The van der Waals surface area contributed by atoms with Gasteiger partial charge in [-0.1, -0.05) is 12.1 Å². The van der Waals surface area contributed by atoms with Gasteiger partial charge < -0.3 is 9.47 Å². The number of allylic oxidation sites excluding steroid dienone is 1. The predicted octanol–water partition coefficient (Wildman–Crippen LogP) is 3.38. The zero-order chi connectivity index (χ0) is 16.1. The Morgan fingerprint density at radius 3 is 2.55 bits per heavy atom. The molecule has 2 aromatic rings. The number of hydrogen-bond acceptors (Lipinski definition) is 4. The van der Waals surface area contributed by atoms with Crippen molar-refractivity contribution in [1.29, 1.82) is 0 Å². The van der Waals surface area contributed by atoms with Crippen LogP contribution in [0.4, 0.5) is 0 Å². The smallest absolute Gasteiger partial charge is 0.189 e. The number of aromatic nitrogens is 2. The molecule has 2 rings (SSSR count). The van der Waals surface area contributed by atoms with E-state index in [1.807, 2.05) is 26.0 Å². The third kappa shape index (κ3) is 3.55. The lowest BCUT2D eigenvalue weighted by Crippen LogP contribution is -2.00. The number of benzene rings is 1. The summed E-state index contributed by atoms with van der Waals surface area (Å²) < 4.78 is 12.2. The van der Waals surface area contributed by atoms with E-state index in [1.165, 1.54) is 6.08 Å². The first-order valence-corrected chi connectivity index (χ1v) is 7.03. The molecule has 0 N–H and O–H groups in total. The molecule has 0 spiro atoms. The van der Waals surface area contributed by atoms with Crippen molar-refractivity contribution in [3.63, 3.8) is 0 Å². The molecule has 1 aromatic heterocycles. The molecular formula is C17H20N2O3. The second kappa shape index (κ2) is 6.93. The average Bonchev–Trinajstić information content (AvgIpc) is 3.02. The quantitative estimate of drug-likeness (QED) is 0.606. The molecule has 5 nitrogen and oxygen atoms in total. The van der Waals surface area contributed by atoms with Crippen LogP contribution >= 0.6 is 0 Å². The molecule has 0 radical (unpaired) electrons. The summed E-state index contributed by atoms with van der Waals surface area (Å²) in [5, 5.41) is 4.17. The van der Waals surface area contributed by atoms with E-state index in [-0.39, 0.29) is 11.8 Å². The van der Waals surface area contributed by atoms with Crippen molar-refractivity contribution in [2.24, 2.45) is 0 Å². The summed E-state index contributed by atoms with van der Waals surface area (Å²) >= 11 is 0. The van der Waals surface area contributed by atoms with Crippen molar-refractivity contribution in [3.05, 3.63) is 47.8 Å². The van der Waals surface area contributed by atoms with Crippen LogP contribution in [0.2, 0.25) is 0 Å². The number of rotatable bonds is 6. The molecule has 0 unspecified atom stereocenters. The highest BCUT2D eigenvalue weighted by Crippen LogP contribution is 2.28. The molecule has 1 heterocycles. The molecule has 5 heteroatoms. The Morgan fingerprint density at radius 1 is 1.23 bits per heavy atom. The van der Waals surface area contributed by atoms with E-state index in [4.69, 9.17) is 9.47 Å². The zero-order valence-electron chi connectivity index (χ0n) is 13.2. The average molecular weight is 300 g/mol. The maximum absolute atomic E-state index is 12.1. The van der Waals surface area contributed by atoms with Crippen LogP contribution < -0.4 is 9.47 Å². The highest BCUT2D eigenvalue weighted by Gasteiger charge is 2.08. The molecule has 0 fully saturated rings. The van der Waals surface area contributed by atoms with Gasteiger partial charge in [-0.2, -0.15) is 5.10 Å². The normalized spacial score (nSPS) is 11.1. The van der Waals surface area contributed by atoms with Crippen LogP contribution in [0, 0.1) is 0 Å². The molecule has 0 aliphatic carbocycles. The van der Waals surface area contributed by atoms with Crippen LogP contribution in [0.15, 0.2) is 36.7 Å². The minimum Gasteiger partial charge on any atom is -0.493 e. The van der Waals surface area contributed by atoms with E-state index >= 15 is 0 Å². The highest BCUT2D eigenvalue weighted by atomic mass is 16.5. The summed E-state index contributed by atoms with van der Waals surface area (Å²) in [5.74, 6) is 1.20. The van der Waals surface area contributed by atoms with E-state index in [2.05, 4.69) is 5.10 Å². The van der Waals surface area contributed by atoms with E-state index < -0.39 is 0 Å². The van der Waals surface area contributed by atoms with Gasteiger partial charge in [-0.15, -0.1) is 0 Å². The molecule has 1 aromatic carbocycles. The Bertz CT molecular complexity index is 687. The lowest BCUT2D eigenvalue weighted by Gasteiger charge is -2.07. The number of ketones is 1. The van der Waals surface area contributed by atoms with E-state index in [0.717, 1.165) is 5.56 Å². The first kappa shape index (κ1) is 15.8. The summed E-state index contributed by atoms with van der Waals surface area (Å²) in [5.41, 5.74) is 1.44. The molecule has 116 valence electrons. The van der Waals surface area contributed by atoms with Crippen LogP contribution in [0.1, 0.15) is 35.8 Å². The fourth-order valence-corrected chi connectivity index (χ4v) is 1.97. The third-order valence-corrected chi connectivity index (χ3v) is 3.25. The van der Waals surface area contributed by atoms with Crippen molar-refractivity contribution in [2.45, 2.75) is 19.9 Å². The Balaban J connectivity index is 2.15. The van der Waals surface area contributed by atoms with Gasteiger partial charge in [0.05, 0.1) is 26.0 Å². The maximum atomic E-state index is 12.1. The van der Waals surface area contributed by atoms with Crippen molar-refractivity contribution in [1.82, 2.24) is 9.78 Å². The molecular weight excluding hydrogens is 280 g/mol. The fourth-order valence-electron chi connectivity index (χ4n) is 1.97. The van der Waals surface area contributed by atoms with E-state index in [9.17, 15) is 4.79 Å². The summed E-state index contributed by atoms with van der Waals surface area (Å²) in [6, 6.07) is 5.72. The third-order valence-electron chi connectivity index (χ3n) is 3.25. The van der Waals surface area contributed by atoms with Gasteiger partial charge in [0.2, 0.25) is 0 Å². The first-order chi connectivity index (χ1) is 10.5. The second-order valence-corrected chi connectivity index (χ2v) is 5.11. The highest BCUT2D eigenvalue weighted by molar-refractivity contribution is 6.06. The molecule has 0 atom stereocenters. The van der Waals surface area contributed by atoms with Gasteiger partial charge >= 0.3 is 0 Å². The number of ether oxygens (including phenoxy) is 2. The number of methoxy groups -OCH3 is 2. The summed E-state index contributed by atoms with van der Waals surface area (Å²) in [4.78, 5) is 12.1. The van der Waals surface area contributed by atoms with Crippen molar-refractivity contribution in [3.8, 4) is 11.5 Å². The number of carbonyl (C=O) groups excluding carboxylic acids is 1. The molecule has 22 heavy (non-hydrogen) atoms. The molecule has 0 aliphatic rings. The lowest BCUT2D eigenvalue weighted by molar-refractivity contribution is 0.104. The Labute approximate surface area is 130 Å². The van der Waals surface area contributed by atoms with Gasteiger partial charge in [0.1, 0.15) is 0 Å². The Kier molecular flexibility index (Phi) is 4.99. The Morgan fingerprint density at radius 2 is 1.95 bits per heavy atom. The van der Waals surface area contributed by atoms with Gasteiger partial charge in [-0.05, 0) is 37.6 Å². The van der Waals surface area contributed by atoms with Crippen LogP contribution in [0.25, 0.3) is 6.08 Å². The molecule has 0 saturated heterocycles. The van der Waals surface area contributed by atoms with Gasteiger partial charge in [0, 0.05) is 12.2 Å². The standard InChI is InChI=1S/C17H20N2O3/c1-12(2)19-11-14(10-18-19)15(20)7-5-13-6-8-16(21-3)17(9-13)22-4/h5-12H,1-4H3/b7-5+. The lowest BCUT2D eigenvalue weighted by atomic mass is 10.1. The van der Waals surface area contributed by atoms with Gasteiger partial charge in [-0.25, -0.2) is 0 Å². The zero-order valence-corrected chi connectivity index (χ0v) is 13.2. The van der Waals surface area contributed by atoms with Crippen molar-refractivity contribution in [2.75, 3.05) is 14.2 Å². The minimum absolute atomic E-state index is 0.0818. The second-order valence-electron chi connectivity index (χ2n) is 5.11. The van der Waals surface area contributed by atoms with Crippen LogP contribution in [-0.2, 0) is 0 Å². The van der Waals surface area contributed by atoms with Gasteiger partial charge in [0.15, 0.2) is 17.3 Å². The van der Waals surface area contributed by atoms with E-state index in [0.29, 0.717) is 17.1 Å². The fraction of sp³-hybridized carbons (Fsp3) is 0.294. The monoisotopic (exact) mass is 300 g/mol. The summed E-state index contributed by atoms with van der Waals surface area (Å²) in [7, 11) is 3.17. The van der Waals surface area contributed by atoms with Crippen molar-refractivity contribution >= 4 is 11.9 Å². The largest absolute Gasteiger partial charge is 0.493 e. The maximum Gasteiger partial charge on any atom is 0.189 e. The molecule has 0 saturated carbocycles. The van der Waals surface area contributed by atoms with Crippen LogP contribution in [0.3, 0.4) is 0 Å². The van der Waals surface area contributed by atoms with Crippen LogP contribution in [0.5, 0.6) is 11.5 Å². The predicted molar refractivity (Wildman–Crippen MR) is 85.5 cm³/mol. The number of carbonyl (C=O) groups is 1. The molecule has 0 aliphatic heterocycles. The van der Waals surface area contributed by atoms with Crippen LogP contribution in [-0.4, -0.2) is 29.8 Å². The van der Waals surface area contributed by atoms with Crippen molar-refractivity contribution < 1.29 is 14.3 Å². The van der Waals surface area contributed by atoms with Gasteiger partial charge in [-0.3, -0.25) is 9.48 Å². The number of nitrogens with zero attached hydrogens (tertiary/aromatic N) is 2. The summed E-state index contributed by atoms with van der Waals surface area (Å²) in [6.45, 7) is 4.03. The Hall–Kier alpha value is -2.56. The number of hydrogen-bond donors (Lipinski definition) is 0. The van der Waals surface area contributed by atoms with Gasteiger partial charge in [0.25, 0.3) is 0 Å². The topological polar surface area (TPSA) is 53.3 Å².